The smallest absolute Gasteiger partial charge is 0.407 e. The molecule has 11 nitrogen and oxygen atoms in total. The predicted octanol–water partition coefficient (Wildman–Crippen LogP) is 6.61. The number of amides is 1. The molecule has 44 heavy (non-hydrogen) atoms. The number of nitrogens with one attached hydrogen (secondary N) is 3. The second kappa shape index (κ2) is 12.4. The van der Waals surface area contributed by atoms with Gasteiger partial charge in [-0.15, -0.1) is 11.3 Å². The number of benzene rings is 1. The Labute approximate surface area is 262 Å². The van der Waals surface area contributed by atoms with E-state index in [0.717, 1.165) is 58.8 Å². The van der Waals surface area contributed by atoms with Gasteiger partial charge in [-0.05, 0) is 89.6 Å². The monoisotopic (exact) mass is 619 g/mol. The minimum atomic E-state index is -1.07. The number of hydrogen-bond acceptors (Lipinski definition) is 11. The highest BCUT2D eigenvalue weighted by Crippen LogP contribution is 2.36. The molecule has 1 aliphatic heterocycles. The number of nitrogens with zero attached hydrogens (tertiary/aromatic N) is 4. The van der Waals surface area contributed by atoms with Crippen molar-refractivity contribution in [3.8, 4) is 5.75 Å². The third-order valence-electron chi connectivity index (χ3n) is 7.23. The van der Waals surface area contributed by atoms with Gasteiger partial charge in [0.25, 0.3) is 0 Å². The number of methoxy groups -OCH3 is 1. The van der Waals surface area contributed by atoms with E-state index in [1.54, 1.807) is 38.4 Å². The molecule has 12 heteroatoms. The fourth-order valence-corrected chi connectivity index (χ4v) is 6.00. The van der Waals surface area contributed by atoms with E-state index in [2.05, 4.69) is 31.2 Å². The number of carbonyl (C=O) groups is 1. The number of hydrogen-bond donors (Lipinski definition) is 4. The Kier molecular flexibility index (Phi) is 8.85. The highest BCUT2D eigenvalue weighted by atomic mass is 32.1. The second-order valence-corrected chi connectivity index (χ2v) is 13.4. The number of rotatable bonds is 8. The Morgan fingerprint density at radius 1 is 1.05 bits per heavy atom. The van der Waals surface area contributed by atoms with Crippen LogP contribution in [-0.2, 0) is 10.3 Å². The van der Waals surface area contributed by atoms with Gasteiger partial charge in [0.05, 0.1) is 23.9 Å². The van der Waals surface area contributed by atoms with E-state index in [4.69, 9.17) is 19.4 Å². The first-order valence-electron chi connectivity index (χ1n) is 14.7. The molecule has 0 unspecified atom stereocenters. The highest BCUT2D eigenvalue weighted by molar-refractivity contribution is 7.17. The van der Waals surface area contributed by atoms with Gasteiger partial charge in [-0.1, -0.05) is 6.07 Å². The molecular weight excluding hydrogens is 578 g/mol. The minimum Gasteiger partial charge on any atom is -0.495 e. The number of fused-ring (bicyclic) bond motifs is 1. The third kappa shape index (κ3) is 7.48. The summed E-state index contributed by atoms with van der Waals surface area (Å²) in [5.41, 5.74) is 1.80. The van der Waals surface area contributed by atoms with Crippen LogP contribution in [0.25, 0.3) is 10.2 Å². The molecule has 0 aliphatic carbocycles. The van der Waals surface area contributed by atoms with Crippen molar-refractivity contribution in [3.63, 3.8) is 0 Å². The number of aliphatic hydroxyl groups is 1. The molecule has 3 aromatic heterocycles. The van der Waals surface area contributed by atoms with Crippen molar-refractivity contribution in [2.75, 3.05) is 35.7 Å². The molecule has 1 amide bonds. The molecule has 5 rings (SSSR count). The van der Waals surface area contributed by atoms with Gasteiger partial charge in [0.2, 0.25) is 5.95 Å². The summed E-state index contributed by atoms with van der Waals surface area (Å²) in [5, 5.41) is 23.1. The van der Waals surface area contributed by atoms with Gasteiger partial charge in [-0.2, -0.15) is 4.98 Å². The summed E-state index contributed by atoms with van der Waals surface area (Å²) < 4.78 is 11.2. The van der Waals surface area contributed by atoms with E-state index in [1.165, 1.54) is 0 Å². The van der Waals surface area contributed by atoms with Crippen LogP contribution >= 0.6 is 11.3 Å². The maximum atomic E-state index is 12.2. The number of ether oxygens (including phenoxy) is 2. The van der Waals surface area contributed by atoms with E-state index >= 15 is 0 Å². The van der Waals surface area contributed by atoms with E-state index < -0.39 is 11.2 Å². The van der Waals surface area contributed by atoms with Crippen molar-refractivity contribution in [2.24, 2.45) is 0 Å². The molecular formula is C32H41N7O4S. The lowest BCUT2D eigenvalue weighted by atomic mass is 10.0. The average molecular weight is 620 g/mol. The van der Waals surface area contributed by atoms with E-state index in [0.29, 0.717) is 23.3 Å². The standard InChI is InChI=1S/C32H41N7O4S/c1-19-18-44-28-26(19)27(36-25-10-8-9-24(35-25)32(5,6)41)37-29(38-28)33-21-11-12-22(23(17-21)42-7)39-15-13-20(14-16-39)34-30(40)43-31(2,3)4/h8-12,17-18,20,41H,13-16H2,1-7H3,(H,34,40)(H2,33,35,36,37,38). The lowest BCUT2D eigenvalue weighted by Crippen LogP contribution is -2.46. The van der Waals surface area contributed by atoms with Crippen molar-refractivity contribution in [2.45, 2.75) is 71.6 Å². The van der Waals surface area contributed by atoms with Gasteiger partial charge in [-0.25, -0.2) is 14.8 Å². The number of aromatic nitrogens is 3. The molecule has 1 saturated heterocycles. The largest absolute Gasteiger partial charge is 0.495 e. The number of thiophene rings is 1. The normalized spacial score (nSPS) is 14.4. The summed E-state index contributed by atoms with van der Waals surface area (Å²) in [6.45, 7) is 12.6. The topological polar surface area (TPSA) is 134 Å². The van der Waals surface area contributed by atoms with Gasteiger partial charge < -0.3 is 35.4 Å². The molecule has 4 N–H and O–H groups in total. The lowest BCUT2D eigenvalue weighted by Gasteiger charge is -2.35. The summed E-state index contributed by atoms with van der Waals surface area (Å²) in [4.78, 5) is 29.5. The van der Waals surface area contributed by atoms with Crippen LogP contribution < -0.4 is 25.6 Å². The van der Waals surface area contributed by atoms with Crippen molar-refractivity contribution < 1.29 is 19.4 Å². The van der Waals surface area contributed by atoms with Crippen molar-refractivity contribution in [3.05, 3.63) is 53.0 Å². The third-order valence-corrected chi connectivity index (χ3v) is 8.22. The highest BCUT2D eigenvalue weighted by Gasteiger charge is 2.25. The van der Waals surface area contributed by atoms with Crippen LogP contribution in [0.1, 0.15) is 58.7 Å². The van der Waals surface area contributed by atoms with Gasteiger partial charge in [0.15, 0.2) is 0 Å². The first kappa shape index (κ1) is 31.3. The number of aryl methyl sites for hydroxylation is 1. The molecule has 1 aromatic carbocycles. The van der Waals surface area contributed by atoms with Crippen molar-refractivity contribution in [1.82, 2.24) is 20.3 Å². The van der Waals surface area contributed by atoms with E-state index in [-0.39, 0.29) is 12.1 Å². The van der Waals surface area contributed by atoms with Gasteiger partial charge in [-0.3, -0.25) is 0 Å². The van der Waals surface area contributed by atoms with Crippen LogP contribution in [0, 0.1) is 6.92 Å². The fourth-order valence-electron chi connectivity index (χ4n) is 5.08. The van der Waals surface area contributed by atoms with E-state index in [9.17, 15) is 9.90 Å². The molecule has 1 fully saturated rings. The molecule has 0 spiro atoms. The molecule has 0 saturated carbocycles. The first-order valence-corrected chi connectivity index (χ1v) is 15.6. The molecule has 4 heterocycles. The van der Waals surface area contributed by atoms with Crippen LogP contribution in [0.15, 0.2) is 41.8 Å². The Morgan fingerprint density at radius 2 is 1.80 bits per heavy atom. The molecule has 234 valence electrons. The minimum absolute atomic E-state index is 0.0663. The Morgan fingerprint density at radius 3 is 2.48 bits per heavy atom. The van der Waals surface area contributed by atoms with Gasteiger partial charge in [0.1, 0.15) is 33.4 Å². The Bertz CT molecular complexity index is 1640. The van der Waals surface area contributed by atoms with Crippen LogP contribution in [0.3, 0.4) is 0 Å². The summed E-state index contributed by atoms with van der Waals surface area (Å²) in [5.74, 6) is 2.37. The maximum Gasteiger partial charge on any atom is 0.407 e. The summed E-state index contributed by atoms with van der Waals surface area (Å²) >= 11 is 1.55. The number of carbonyl (C=O) groups excluding carboxylic acids is 1. The number of pyridine rings is 1. The molecule has 1 aliphatic rings. The zero-order chi connectivity index (χ0) is 31.6. The van der Waals surface area contributed by atoms with Crippen LogP contribution in [0.5, 0.6) is 5.75 Å². The Hall–Kier alpha value is -4.16. The summed E-state index contributed by atoms with van der Waals surface area (Å²) in [7, 11) is 1.66. The number of anilines is 5. The van der Waals surface area contributed by atoms with Crippen molar-refractivity contribution in [1.29, 1.82) is 0 Å². The van der Waals surface area contributed by atoms with Crippen molar-refractivity contribution >= 4 is 56.6 Å². The lowest BCUT2D eigenvalue weighted by molar-refractivity contribution is 0.0497. The second-order valence-electron chi connectivity index (χ2n) is 12.5. The van der Waals surface area contributed by atoms with Crippen LogP contribution in [-0.4, -0.2) is 58.0 Å². The summed E-state index contributed by atoms with van der Waals surface area (Å²) in [6, 6.07) is 11.5. The molecule has 0 bridgehead atoms. The zero-order valence-electron chi connectivity index (χ0n) is 26.3. The van der Waals surface area contributed by atoms with Gasteiger partial charge in [0, 0.05) is 30.9 Å². The predicted molar refractivity (Wildman–Crippen MR) is 176 cm³/mol. The Balaban J connectivity index is 1.31. The van der Waals surface area contributed by atoms with Crippen LogP contribution in [0.4, 0.5) is 33.8 Å². The number of alkyl carbamates (subject to hydrolysis) is 1. The number of piperidine rings is 1. The zero-order valence-corrected chi connectivity index (χ0v) is 27.1. The molecule has 4 aromatic rings. The fraction of sp³-hybridized carbons (Fsp3) is 0.438. The SMILES string of the molecule is COc1cc(Nc2nc(Nc3cccc(C(C)(C)O)n3)c3c(C)csc3n2)ccc1N1CCC(NC(=O)OC(C)(C)C)CC1. The van der Waals surface area contributed by atoms with Crippen LogP contribution in [0.2, 0.25) is 0 Å². The quantitative estimate of drug-likeness (QED) is 0.171. The molecule has 0 atom stereocenters. The average Bonchev–Trinajstić information content (AvgIpc) is 3.32. The first-order chi connectivity index (χ1) is 20.8. The maximum absolute atomic E-state index is 12.2. The van der Waals surface area contributed by atoms with Gasteiger partial charge >= 0.3 is 6.09 Å². The summed E-state index contributed by atoms with van der Waals surface area (Å²) in [6.07, 6.45) is 1.24. The molecule has 0 radical (unpaired) electrons. The van der Waals surface area contributed by atoms with E-state index in [1.807, 2.05) is 58.0 Å².